The van der Waals surface area contributed by atoms with Crippen molar-refractivity contribution in [1.29, 1.82) is 0 Å². The Morgan fingerprint density at radius 2 is 2.20 bits per heavy atom. The van der Waals surface area contributed by atoms with Crippen molar-refractivity contribution in [3.05, 3.63) is 15.6 Å². The highest BCUT2D eigenvalue weighted by molar-refractivity contribution is 7.13. The minimum atomic E-state index is -0.193. The van der Waals surface area contributed by atoms with E-state index in [-0.39, 0.29) is 17.8 Å². The lowest BCUT2D eigenvalue weighted by Gasteiger charge is -2.31. The Kier molecular flexibility index (Phi) is 4.75. The largest absolute Gasteiger partial charge is 0.466 e. The van der Waals surface area contributed by atoms with E-state index in [1.165, 1.54) is 11.3 Å². The molecule has 1 aromatic heterocycles. The van der Waals surface area contributed by atoms with Crippen LogP contribution in [-0.2, 0) is 9.53 Å². The summed E-state index contributed by atoms with van der Waals surface area (Å²) in [6.45, 7) is 7.08. The molecule has 0 N–H and O–H groups in total. The summed E-state index contributed by atoms with van der Waals surface area (Å²) in [5.41, 5.74) is 0.774. The molecule has 0 aliphatic carbocycles. The van der Waals surface area contributed by atoms with E-state index in [4.69, 9.17) is 4.74 Å². The standard InChI is InChI=1S/C14H20N2O3S/c1-4-19-14(18)11-6-5-7-16(8-11)13(17)12-9(2)15-10(3)20-12/h11H,4-8H2,1-3H3. The molecule has 20 heavy (non-hydrogen) atoms. The molecule has 2 heterocycles. The maximum Gasteiger partial charge on any atom is 0.310 e. The first-order valence-corrected chi connectivity index (χ1v) is 7.74. The third kappa shape index (κ3) is 3.17. The molecule has 0 aromatic carbocycles. The van der Waals surface area contributed by atoms with E-state index in [1.807, 2.05) is 13.8 Å². The fourth-order valence-corrected chi connectivity index (χ4v) is 3.38. The van der Waals surface area contributed by atoms with E-state index in [9.17, 15) is 9.59 Å². The van der Waals surface area contributed by atoms with Crippen LogP contribution >= 0.6 is 11.3 Å². The number of carbonyl (C=O) groups is 2. The molecular formula is C14H20N2O3S. The number of rotatable bonds is 3. The minimum absolute atomic E-state index is 0.0119. The van der Waals surface area contributed by atoms with Crippen molar-refractivity contribution in [3.8, 4) is 0 Å². The fourth-order valence-electron chi connectivity index (χ4n) is 2.49. The first-order chi connectivity index (χ1) is 9.52. The van der Waals surface area contributed by atoms with Gasteiger partial charge in [-0.3, -0.25) is 9.59 Å². The number of thiazole rings is 1. The number of esters is 1. The van der Waals surface area contributed by atoms with Gasteiger partial charge in [-0.15, -0.1) is 11.3 Å². The summed E-state index contributed by atoms with van der Waals surface area (Å²) in [7, 11) is 0. The predicted molar refractivity (Wildman–Crippen MR) is 76.8 cm³/mol. The molecule has 1 unspecified atom stereocenters. The Labute approximate surface area is 122 Å². The lowest BCUT2D eigenvalue weighted by atomic mass is 9.98. The normalized spacial score (nSPS) is 18.9. The summed E-state index contributed by atoms with van der Waals surface area (Å²) in [5, 5.41) is 0.893. The zero-order valence-corrected chi connectivity index (χ0v) is 13.0. The van der Waals surface area contributed by atoms with E-state index in [0.29, 0.717) is 24.6 Å². The van der Waals surface area contributed by atoms with Gasteiger partial charge in [-0.1, -0.05) is 0 Å². The van der Waals surface area contributed by atoms with Crippen LogP contribution in [0.3, 0.4) is 0 Å². The van der Waals surface area contributed by atoms with Crippen LogP contribution in [-0.4, -0.2) is 41.5 Å². The number of hydrogen-bond acceptors (Lipinski definition) is 5. The lowest BCUT2D eigenvalue weighted by Crippen LogP contribution is -2.42. The first-order valence-electron chi connectivity index (χ1n) is 6.92. The molecule has 1 saturated heterocycles. The van der Waals surface area contributed by atoms with Gasteiger partial charge in [-0.25, -0.2) is 4.98 Å². The van der Waals surface area contributed by atoms with Gasteiger partial charge in [-0.05, 0) is 33.6 Å². The summed E-state index contributed by atoms with van der Waals surface area (Å²) in [4.78, 5) is 31.0. The van der Waals surface area contributed by atoms with Crippen LogP contribution in [0.15, 0.2) is 0 Å². The van der Waals surface area contributed by atoms with Gasteiger partial charge in [0, 0.05) is 13.1 Å². The van der Waals surface area contributed by atoms with Crippen molar-refractivity contribution in [2.75, 3.05) is 19.7 Å². The highest BCUT2D eigenvalue weighted by Crippen LogP contribution is 2.24. The molecule has 0 radical (unpaired) electrons. The van der Waals surface area contributed by atoms with Gasteiger partial charge in [-0.2, -0.15) is 0 Å². The van der Waals surface area contributed by atoms with E-state index in [0.717, 1.165) is 23.5 Å². The average molecular weight is 296 g/mol. The number of hydrogen-bond donors (Lipinski definition) is 0. The molecule has 0 bridgehead atoms. The zero-order valence-electron chi connectivity index (χ0n) is 12.1. The number of aryl methyl sites for hydroxylation is 2. The first kappa shape index (κ1) is 15.0. The van der Waals surface area contributed by atoms with Gasteiger partial charge in [0.05, 0.1) is 23.2 Å². The second-order valence-corrected chi connectivity index (χ2v) is 6.19. The van der Waals surface area contributed by atoms with E-state index < -0.39 is 0 Å². The fraction of sp³-hybridized carbons (Fsp3) is 0.643. The molecule has 6 heteroatoms. The number of amides is 1. The van der Waals surface area contributed by atoms with Crippen molar-refractivity contribution < 1.29 is 14.3 Å². The molecule has 1 aromatic rings. The number of aromatic nitrogens is 1. The van der Waals surface area contributed by atoms with Gasteiger partial charge >= 0.3 is 5.97 Å². The molecule has 5 nitrogen and oxygen atoms in total. The Morgan fingerprint density at radius 3 is 2.80 bits per heavy atom. The van der Waals surface area contributed by atoms with Crippen LogP contribution in [0.4, 0.5) is 0 Å². The summed E-state index contributed by atoms with van der Waals surface area (Å²) >= 11 is 1.42. The minimum Gasteiger partial charge on any atom is -0.466 e. The number of piperidine rings is 1. The number of ether oxygens (including phenoxy) is 1. The molecule has 1 amide bonds. The van der Waals surface area contributed by atoms with Crippen LogP contribution < -0.4 is 0 Å². The number of carbonyl (C=O) groups excluding carboxylic acids is 2. The van der Waals surface area contributed by atoms with E-state index in [2.05, 4.69) is 4.98 Å². The average Bonchev–Trinajstić information content (AvgIpc) is 2.77. The molecule has 1 atom stereocenters. The lowest BCUT2D eigenvalue weighted by molar-refractivity contribution is -0.149. The van der Waals surface area contributed by atoms with Crippen LogP contribution in [0.5, 0.6) is 0 Å². The molecule has 0 spiro atoms. The Morgan fingerprint density at radius 1 is 1.45 bits per heavy atom. The van der Waals surface area contributed by atoms with Crippen LogP contribution in [0.25, 0.3) is 0 Å². The number of nitrogens with zero attached hydrogens (tertiary/aromatic N) is 2. The summed E-state index contributed by atoms with van der Waals surface area (Å²) in [6, 6.07) is 0. The third-order valence-corrected chi connectivity index (χ3v) is 4.49. The molecule has 1 fully saturated rings. The smallest absolute Gasteiger partial charge is 0.310 e. The van der Waals surface area contributed by atoms with Crippen molar-refractivity contribution in [1.82, 2.24) is 9.88 Å². The Bertz CT molecular complexity index is 513. The molecule has 110 valence electrons. The molecule has 0 saturated carbocycles. The zero-order chi connectivity index (χ0) is 14.7. The maximum atomic E-state index is 12.5. The molecule has 1 aliphatic rings. The summed E-state index contributed by atoms with van der Waals surface area (Å²) in [6.07, 6.45) is 1.63. The monoisotopic (exact) mass is 296 g/mol. The van der Waals surface area contributed by atoms with Gasteiger partial charge in [0.2, 0.25) is 0 Å². The molecular weight excluding hydrogens is 276 g/mol. The van der Waals surface area contributed by atoms with Crippen LogP contribution in [0, 0.1) is 19.8 Å². The second kappa shape index (κ2) is 6.35. The quantitative estimate of drug-likeness (QED) is 0.802. The second-order valence-electron chi connectivity index (χ2n) is 4.99. The van der Waals surface area contributed by atoms with Crippen molar-refractivity contribution >= 4 is 23.2 Å². The maximum absolute atomic E-state index is 12.5. The van der Waals surface area contributed by atoms with Gasteiger partial charge in [0.1, 0.15) is 4.88 Å². The molecule has 2 rings (SSSR count). The van der Waals surface area contributed by atoms with Crippen molar-refractivity contribution in [3.63, 3.8) is 0 Å². The van der Waals surface area contributed by atoms with Crippen LogP contribution in [0.2, 0.25) is 0 Å². The summed E-state index contributed by atoms with van der Waals surface area (Å²) in [5.74, 6) is -0.397. The summed E-state index contributed by atoms with van der Waals surface area (Å²) < 4.78 is 5.06. The van der Waals surface area contributed by atoms with Gasteiger partial charge in [0.25, 0.3) is 5.91 Å². The van der Waals surface area contributed by atoms with Gasteiger partial charge in [0.15, 0.2) is 0 Å². The van der Waals surface area contributed by atoms with E-state index in [1.54, 1.807) is 11.8 Å². The third-order valence-electron chi connectivity index (χ3n) is 3.43. The Balaban J connectivity index is 2.07. The predicted octanol–water partition coefficient (Wildman–Crippen LogP) is 2.18. The Hall–Kier alpha value is -1.43. The SMILES string of the molecule is CCOC(=O)C1CCCN(C(=O)c2sc(C)nc2C)C1. The van der Waals surface area contributed by atoms with Gasteiger partial charge < -0.3 is 9.64 Å². The van der Waals surface area contributed by atoms with Crippen molar-refractivity contribution in [2.45, 2.75) is 33.6 Å². The molecule has 1 aliphatic heterocycles. The van der Waals surface area contributed by atoms with Crippen LogP contribution in [0.1, 0.15) is 40.1 Å². The number of likely N-dealkylation sites (tertiary alicyclic amines) is 1. The van der Waals surface area contributed by atoms with E-state index >= 15 is 0 Å². The van der Waals surface area contributed by atoms with Crippen molar-refractivity contribution in [2.24, 2.45) is 5.92 Å². The highest BCUT2D eigenvalue weighted by atomic mass is 32.1. The highest BCUT2D eigenvalue weighted by Gasteiger charge is 2.31. The topological polar surface area (TPSA) is 59.5 Å².